The lowest BCUT2D eigenvalue weighted by atomic mass is 10.2. The highest BCUT2D eigenvalue weighted by Gasteiger charge is 2.08. The monoisotopic (exact) mass is 245 g/mol. The molecule has 0 aliphatic rings. The predicted octanol–water partition coefficient (Wildman–Crippen LogP) is 2.59. The molecule has 0 atom stereocenters. The number of benzene rings is 1. The summed E-state index contributed by atoms with van der Waals surface area (Å²) in [5.41, 5.74) is 5.69. The molecule has 0 amide bonds. The summed E-state index contributed by atoms with van der Waals surface area (Å²) in [5.74, 6) is 0.868. The van der Waals surface area contributed by atoms with Gasteiger partial charge in [0.2, 0.25) is 0 Å². The van der Waals surface area contributed by atoms with Crippen molar-refractivity contribution in [3.8, 4) is 23.3 Å². The Morgan fingerprint density at radius 1 is 1.22 bits per heavy atom. The number of nitrogen functional groups attached to an aromatic ring is 1. The van der Waals surface area contributed by atoms with Gasteiger partial charge in [0.05, 0.1) is 11.8 Å². The smallest absolute Gasteiger partial charge is 0.175 e. The van der Waals surface area contributed by atoms with Crippen LogP contribution in [0.4, 0.5) is 10.3 Å². The minimum absolute atomic E-state index is 0.0487. The highest BCUT2D eigenvalue weighted by Crippen LogP contribution is 2.29. The van der Waals surface area contributed by atoms with E-state index in [1.807, 2.05) is 6.07 Å². The topological polar surface area (TPSA) is 81.2 Å². The van der Waals surface area contributed by atoms with E-state index in [0.717, 1.165) is 0 Å². The molecule has 1 heterocycles. The van der Waals surface area contributed by atoms with Gasteiger partial charge >= 0.3 is 0 Å². The third kappa shape index (κ3) is 2.47. The molecule has 0 unspecified atom stereocenters. The molecule has 2 rings (SSSR count). The number of hydrogen-bond donors (Lipinski definition) is 1. The molecule has 6 heteroatoms. The van der Waals surface area contributed by atoms with Crippen molar-refractivity contribution in [2.24, 2.45) is 0 Å². The summed E-state index contributed by atoms with van der Waals surface area (Å²) >= 11 is 0. The van der Waals surface area contributed by atoms with Gasteiger partial charge in [-0.1, -0.05) is 0 Å². The molecule has 18 heavy (non-hydrogen) atoms. The summed E-state index contributed by atoms with van der Waals surface area (Å²) in [4.78, 5) is 7.42. The first-order valence-corrected chi connectivity index (χ1v) is 4.95. The van der Waals surface area contributed by atoms with Gasteiger partial charge in [0.25, 0.3) is 0 Å². The van der Waals surface area contributed by atoms with E-state index in [2.05, 4.69) is 9.93 Å². The Labute approximate surface area is 102 Å². The Hall–Kier alpha value is -2.81. The zero-order valence-electron chi connectivity index (χ0n) is 9.13. The fourth-order valence-electron chi connectivity index (χ4n) is 1.31. The van der Waals surface area contributed by atoms with Gasteiger partial charge in [-0.25, -0.2) is 4.98 Å². The van der Waals surface area contributed by atoms with Crippen LogP contribution in [0, 0.1) is 11.3 Å². The maximum Gasteiger partial charge on any atom is 0.175 e. The van der Waals surface area contributed by atoms with Gasteiger partial charge in [0.1, 0.15) is 23.4 Å². The van der Waals surface area contributed by atoms with E-state index in [1.165, 1.54) is 24.4 Å². The van der Waals surface area contributed by atoms with Crippen molar-refractivity contribution in [1.82, 2.24) is 4.98 Å². The first-order chi connectivity index (χ1) is 8.72. The van der Waals surface area contributed by atoms with Crippen LogP contribution in [-0.2, 0) is 0 Å². The van der Waals surface area contributed by atoms with Crippen molar-refractivity contribution in [3.05, 3.63) is 42.1 Å². The molecular formula is C12H8FN3O2. The summed E-state index contributed by atoms with van der Waals surface area (Å²) in [5, 5.41) is 8.90. The molecule has 0 aliphatic heterocycles. The molecule has 1 aromatic carbocycles. The molecule has 90 valence electrons. The van der Waals surface area contributed by atoms with Gasteiger partial charge in [0, 0.05) is 10.6 Å². The lowest BCUT2D eigenvalue weighted by Gasteiger charge is -2.07. The molecule has 0 fully saturated rings. The number of anilines is 1. The first-order valence-electron chi connectivity index (χ1n) is 4.95. The largest absolute Gasteiger partial charge is 0.454 e. The van der Waals surface area contributed by atoms with Crippen LogP contribution in [0.15, 0.2) is 36.5 Å². The van der Waals surface area contributed by atoms with Crippen molar-refractivity contribution in [3.63, 3.8) is 0 Å². The molecule has 0 saturated carbocycles. The van der Waals surface area contributed by atoms with Gasteiger partial charge in [-0.05, 0) is 24.3 Å². The maximum atomic E-state index is 12.1. The summed E-state index contributed by atoms with van der Waals surface area (Å²) in [6.45, 7) is 0. The second kappa shape index (κ2) is 5.01. The van der Waals surface area contributed by atoms with Crippen molar-refractivity contribution < 1.29 is 14.2 Å². The van der Waals surface area contributed by atoms with Crippen molar-refractivity contribution in [2.45, 2.75) is 0 Å². The van der Waals surface area contributed by atoms with Gasteiger partial charge in [-0.15, -0.1) is 0 Å². The number of rotatable bonds is 3. The number of pyridine rings is 1. The Kier molecular flexibility index (Phi) is 3.25. The summed E-state index contributed by atoms with van der Waals surface area (Å²) < 4.78 is 17.5. The Balaban J connectivity index is 2.32. The van der Waals surface area contributed by atoms with E-state index >= 15 is 0 Å². The maximum absolute atomic E-state index is 12.1. The minimum Gasteiger partial charge on any atom is -0.454 e. The molecule has 0 saturated heterocycles. The second-order valence-electron chi connectivity index (χ2n) is 3.37. The Bertz CT molecular complexity index is 593. The molecule has 2 N–H and O–H groups in total. The first kappa shape index (κ1) is 11.7. The standard InChI is InChI=1S/C12H8FN3O2/c13-18-9-2-1-8(6-14)11(5-9)17-10-3-4-12(15)16-7-10/h1-5,7H,(H2,15,16). The molecule has 0 radical (unpaired) electrons. The molecule has 0 aliphatic carbocycles. The van der Waals surface area contributed by atoms with Crippen LogP contribution >= 0.6 is 0 Å². The zero-order valence-corrected chi connectivity index (χ0v) is 9.13. The van der Waals surface area contributed by atoms with Gasteiger partial charge in [-0.2, -0.15) is 5.26 Å². The predicted molar refractivity (Wildman–Crippen MR) is 61.6 cm³/mol. The SMILES string of the molecule is N#Cc1ccc(OF)cc1Oc1ccc(N)nc1. The molecule has 0 spiro atoms. The highest BCUT2D eigenvalue weighted by atomic mass is 19.3. The summed E-state index contributed by atoms with van der Waals surface area (Å²) in [6.07, 6.45) is 1.40. The number of ether oxygens (including phenoxy) is 1. The van der Waals surface area contributed by atoms with Crippen LogP contribution in [0.1, 0.15) is 5.56 Å². The molecule has 0 bridgehead atoms. The number of nitrogens with zero attached hydrogens (tertiary/aromatic N) is 2. The molecule has 5 nitrogen and oxygen atoms in total. The van der Waals surface area contributed by atoms with E-state index in [0.29, 0.717) is 11.6 Å². The lowest BCUT2D eigenvalue weighted by Crippen LogP contribution is -1.92. The van der Waals surface area contributed by atoms with E-state index in [1.54, 1.807) is 12.1 Å². The van der Waals surface area contributed by atoms with Gasteiger partial charge in [-0.3, -0.25) is 4.94 Å². The third-order valence-corrected chi connectivity index (χ3v) is 2.15. The second-order valence-corrected chi connectivity index (χ2v) is 3.37. The van der Waals surface area contributed by atoms with Gasteiger partial charge < -0.3 is 10.5 Å². The number of hydrogen-bond acceptors (Lipinski definition) is 5. The fourth-order valence-corrected chi connectivity index (χ4v) is 1.31. The van der Waals surface area contributed by atoms with E-state index < -0.39 is 0 Å². The van der Waals surface area contributed by atoms with Crippen LogP contribution in [0.3, 0.4) is 0 Å². The Morgan fingerprint density at radius 3 is 2.61 bits per heavy atom. The average molecular weight is 245 g/mol. The highest BCUT2D eigenvalue weighted by molar-refractivity contribution is 5.49. The van der Waals surface area contributed by atoms with Crippen LogP contribution in [-0.4, -0.2) is 4.98 Å². The average Bonchev–Trinajstić information content (AvgIpc) is 2.41. The number of halogens is 1. The summed E-state index contributed by atoms with van der Waals surface area (Å²) in [6, 6.07) is 9.07. The van der Waals surface area contributed by atoms with E-state index in [-0.39, 0.29) is 17.1 Å². The van der Waals surface area contributed by atoms with E-state index in [9.17, 15) is 4.53 Å². The molecular weight excluding hydrogens is 237 g/mol. The van der Waals surface area contributed by atoms with Gasteiger partial charge in [0.15, 0.2) is 5.75 Å². The van der Waals surface area contributed by atoms with Crippen molar-refractivity contribution in [1.29, 1.82) is 5.26 Å². The third-order valence-electron chi connectivity index (χ3n) is 2.15. The minimum atomic E-state index is -0.0487. The van der Waals surface area contributed by atoms with Crippen LogP contribution in [0.5, 0.6) is 17.2 Å². The van der Waals surface area contributed by atoms with Crippen LogP contribution < -0.4 is 15.4 Å². The lowest BCUT2D eigenvalue weighted by molar-refractivity contribution is -0.00638. The zero-order chi connectivity index (χ0) is 13.0. The van der Waals surface area contributed by atoms with E-state index in [4.69, 9.17) is 15.7 Å². The van der Waals surface area contributed by atoms with Crippen LogP contribution in [0.2, 0.25) is 0 Å². The quantitative estimate of drug-likeness (QED) is 0.898. The fraction of sp³-hybridized carbons (Fsp3) is 0. The number of nitriles is 1. The summed E-state index contributed by atoms with van der Waals surface area (Å²) in [7, 11) is 0. The molecule has 1 aromatic heterocycles. The normalized spacial score (nSPS) is 9.56. The number of nitrogens with two attached hydrogens (primary N) is 1. The molecule has 2 aromatic rings. The Morgan fingerprint density at radius 2 is 2.00 bits per heavy atom. The van der Waals surface area contributed by atoms with Crippen molar-refractivity contribution in [2.75, 3.05) is 5.73 Å². The van der Waals surface area contributed by atoms with Crippen LogP contribution in [0.25, 0.3) is 0 Å². The number of aromatic nitrogens is 1. The van der Waals surface area contributed by atoms with Crippen molar-refractivity contribution >= 4 is 5.82 Å².